The second kappa shape index (κ2) is 7.79. The topological polar surface area (TPSA) is 67.6 Å². The van der Waals surface area contributed by atoms with Crippen molar-refractivity contribution in [1.29, 1.82) is 0 Å². The van der Waals surface area contributed by atoms with Crippen molar-refractivity contribution in [2.45, 2.75) is 27.2 Å². The summed E-state index contributed by atoms with van der Waals surface area (Å²) in [6.45, 7) is 10.2. The van der Waals surface area contributed by atoms with E-state index < -0.39 is 0 Å². The van der Waals surface area contributed by atoms with Crippen LogP contribution in [0.5, 0.6) is 5.75 Å². The molecule has 23 heavy (non-hydrogen) atoms. The van der Waals surface area contributed by atoms with Crippen molar-refractivity contribution in [3.8, 4) is 5.75 Å². The zero-order valence-electron chi connectivity index (χ0n) is 14.5. The van der Waals surface area contributed by atoms with Crippen LogP contribution in [0.3, 0.4) is 0 Å². The lowest BCUT2D eigenvalue weighted by Crippen LogP contribution is -2.39. The summed E-state index contributed by atoms with van der Waals surface area (Å²) in [5.74, 6) is 0.969. The molecule has 1 unspecified atom stereocenters. The molecule has 5 nitrogen and oxygen atoms in total. The lowest BCUT2D eigenvalue weighted by molar-refractivity contribution is -0.122. The molecule has 1 fully saturated rings. The molecule has 1 aromatic rings. The van der Waals surface area contributed by atoms with E-state index in [4.69, 9.17) is 10.5 Å². The van der Waals surface area contributed by atoms with Crippen molar-refractivity contribution >= 4 is 5.91 Å². The first-order chi connectivity index (χ1) is 10.9. The number of nitrogens with two attached hydrogens (primary N) is 1. The van der Waals surface area contributed by atoms with E-state index in [1.807, 2.05) is 32.0 Å². The third-order valence-electron chi connectivity index (χ3n) is 4.58. The van der Waals surface area contributed by atoms with Crippen LogP contribution in [0.4, 0.5) is 0 Å². The Morgan fingerprint density at radius 3 is 2.70 bits per heavy atom. The highest BCUT2D eigenvalue weighted by Crippen LogP contribution is 2.27. The molecule has 1 amide bonds. The fraction of sp³-hybridized carbons (Fsp3) is 0.611. The highest BCUT2D eigenvalue weighted by Gasteiger charge is 2.32. The van der Waals surface area contributed by atoms with Gasteiger partial charge in [-0.05, 0) is 49.9 Å². The molecule has 5 heteroatoms. The molecular formula is C18H29N3O2. The quantitative estimate of drug-likeness (QED) is 0.747. The zero-order chi connectivity index (χ0) is 16.9. The zero-order valence-corrected chi connectivity index (χ0v) is 14.5. The van der Waals surface area contributed by atoms with Gasteiger partial charge in [-0.15, -0.1) is 0 Å². The smallest absolute Gasteiger partial charge is 0.234 e. The number of hydrogen-bond acceptors (Lipinski definition) is 4. The fourth-order valence-corrected chi connectivity index (χ4v) is 3.06. The molecule has 0 radical (unpaired) electrons. The number of nitrogens with one attached hydrogen (secondary N) is 1. The number of hydrogen-bond donors (Lipinski definition) is 2. The molecule has 1 aliphatic heterocycles. The first kappa shape index (κ1) is 17.8. The van der Waals surface area contributed by atoms with Crippen LogP contribution < -0.4 is 15.8 Å². The van der Waals surface area contributed by atoms with Gasteiger partial charge < -0.3 is 15.8 Å². The first-order valence-corrected chi connectivity index (χ1v) is 8.32. The Hall–Kier alpha value is -1.59. The molecule has 0 bridgehead atoms. The number of rotatable bonds is 7. The van der Waals surface area contributed by atoms with Crippen LogP contribution in [0.1, 0.15) is 24.5 Å². The third-order valence-corrected chi connectivity index (χ3v) is 4.58. The number of benzene rings is 1. The Bertz CT molecular complexity index is 527. The lowest BCUT2D eigenvalue weighted by Gasteiger charge is -2.22. The Kier molecular flexibility index (Phi) is 6.02. The summed E-state index contributed by atoms with van der Waals surface area (Å²) in [7, 11) is 0. The maximum Gasteiger partial charge on any atom is 0.234 e. The Morgan fingerprint density at radius 1 is 1.39 bits per heavy atom. The summed E-state index contributed by atoms with van der Waals surface area (Å²) < 4.78 is 5.79. The van der Waals surface area contributed by atoms with Gasteiger partial charge in [0.2, 0.25) is 5.91 Å². The van der Waals surface area contributed by atoms with Crippen LogP contribution in [0.2, 0.25) is 0 Å². The van der Waals surface area contributed by atoms with Gasteiger partial charge in [0, 0.05) is 6.54 Å². The molecule has 0 spiro atoms. The summed E-state index contributed by atoms with van der Waals surface area (Å²) in [4.78, 5) is 14.2. The van der Waals surface area contributed by atoms with Crippen LogP contribution in [0, 0.1) is 19.3 Å². The van der Waals surface area contributed by atoms with E-state index >= 15 is 0 Å². The van der Waals surface area contributed by atoms with E-state index in [2.05, 4.69) is 17.1 Å². The van der Waals surface area contributed by atoms with E-state index in [1.54, 1.807) is 0 Å². The fourth-order valence-electron chi connectivity index (χ4n) is 3.06. The monoisotopic (exact) mass is 319 g/mol. The summed E-state index contributed by atoms with van der Waals surface area (Å²) in [6, 6.07) is 6.08. The Balaban J connectivity index is 1.68. The Morgan fingerprint density at radius 2 is 2.09 bits per heavy atom. The van der Waals surface area contributed by atoms with Gasteiger partial charge in [0.25, 0.3) is 0 Å². The van der Waals surface area contributed by atoms with E-state index in [9.17, 15) is 4.79 Å². The van der Waals surface area contributed by atoms with Gasteiger partial charge in [-0.25, -0.2) is 0 Å². The van der Waals surface area contributed by atoms with Crippen molar-refractivity contribution in [3.05, 3.63) is 29.3 Å². The number of likely N-dealkylation sites (tertiary alicyclic amines) is 1. The van der Waals surface area contributed by atoms with E-state index in [0.717, 1.165) is 36.4 Å². The van der Waals surface area contributed by atoms with E-state index in [-0.39, 0.29) is 11.3 Å². The number of carbonyl (C=O) groups is 1. The summed E-state index contributed by atoms with van der Waals surface area (Å²) in [5.41, 5.74) is 8.19. The largest absolute Gasteiger partial charge is 0.491 e. The molecular weight excluding hydrogens is 290 g/mol. The second-order valence-electron chi connectivity index (χ2n) is 6.89. The molecule has 1 saturated heterocycles. The number of aryl methyl sites for hydroxylation is 2. The average Bonchev–Trinajstić information content (AvgIpc) is 2.88. The van der Waals surface area contributed by atoms with Crippen LogP contribution in [0.25, 0.3) is 0 Å². The number of carbonyl (C=O) groups excluding carboxylic acids is 1. The number of ether oxygens (including phenoxy) is 1. The van der Waals surface area contributed by atoms with Crippen molar-refractivity contribution in [2.24, 2.45) is 11.1 Å². The number of para-hydroxylation sites is 1. The minimum Gasteiger partial charge on any atom is -0.491 e. The van der Waals surface area contributed by atoms with Crippen molar-refractivity contribution < 1.29 is 9.53 Å². The van der Waals surface area contributed by atoms with Gasteiger partial charge in [0.15, 0.2) is 0 Å². The molecule has 3 N–H and O–H groups in total. The van der Waals surface area contributed by atoms with Gasteiger partial charge in [-0.3, -0.25) is 9.69 Å². The predicted molar refractivity (Wildman–Crippen MR) is 92.6 cm³/mol. The van der Waals surface area contributed by atoms with Crippen molar-refractivity contribution in [3.63, 3.8) is 0 Å². The van der Waals surface area contributed by atoms with Crippen molar-refractivity contribution in [2.75, 3.05) is 39.3 Å². The van der Waals surface area contributed by atoms with Crippen LogP contribution in [-0.2, 0) is 4.79 Å². The maximum absolute atomic E-state index is 12.0. The highest BCUT2D eigenvalue weighted by molar-refractivity contribution is 5.78. The molecule has 1 atom stereocenters. The molecule has 0 saturated carbocycles. The maximum atomic E-state index is 12.0. The average molecular weight is 319 g/mol. The first-order valence-electron chi connectivity index (χ1n) is 8.32. The van der Waals surface area contributed by atoms with Crippen LogP contribution in [-0.4, -0.2) is 50.1 Å². The molecule has 1 aliphatic rings. The van der Waals surface area contributed by atoms with Crippen LogP contribution in [0.15, 0.2) is 18.2 Å². The van der Waals surface area contributed by atoms with Gasteiger partial charge in [0.05, 0.1) is 13.1 Å². The predicted octanol–water partition coefficient (Wildman–Crippen LogP) is 1.47. The molecule has 1 aromatic carbocycles. The highest BCUT2D eigenvalue weighted by atomic mass is 16.5. The van der Waals surface area contributed by atoms with Crippen LogP contribution >= 0.6 is 0 Å². The van der Waals surface area contributed by atoms with E-state index in [0.29, 0.717) is 26.2 Å². The summed E-state index contributed by atoms with van der Waals surface area (Å²) in [5, 5.41) is 2.93. The van der Waals surface area contributed by atoms with Gasteiger partial charge in [0.1, 0.15) is 12.4 Å². The minimum absolute atomic E-state index is 0.0522. The minimum atomic E-state index is 0.0522. The van der Waals surface area contributed by atoms with Gasteiger partial charge >= 0.3 is 0 Å². The summed E-state index contributed by atoms with van der Waals surface area (Å²) in [6.07, 6.45) is 1.06. The second-order valence-corrected chi connectivity index (χ2v) is 6.89. The van der Waals surface area contributed by atoms with E-state index in [1.165, 1.54) is 0 Å². The normalized spacial score (nSPS) is 21.4. The SMILES string of the molecule is Cc1cccc(C)c1OCCNC(=O)CN1CCC(C)(CN)C1. The number of nitrogens with zero attached hydrogens (tertiary/aromatic N) is 1. The molecule has 1 heterocycles. The van der Waals surface area contributed by atoms with Crippen molar-refractivity contribution in [1.82, 2.24) is 10.2 Å². The number of amides is 1. The summed E-state index contributed by atoms with van der Waals surface area (Å²) >= 11 is 0. The Labute approximate surface area is 139 Å². The third kappa shape index (κ3) is 4.94. The lowest BCUT2D eigenvalue weighted by atomic mass is 9.90. The standard InChI is InChI=1S/C18H29N3O2/c1-14-5-4-6-15(2)17(14)23-10-8-20-16(22)11-21-9-7-18(3,12-19)13-21/h4-6H,7-13,19H2,1-3H3,(H,20,22). The van der Waals surface area contributed by atoms with Gasteiger partial charge in [-0.1, -0.05) is 25.1 Å². The molecule has 0 aliphatic carbocycles. The van der Waals surface area contributed by atoms with Gasteiger partial charge in [-0.2, -0.15) is 0 Å². The molecule has 128 valence electrons. The molecule has 0 aromatic heterocycles. The molecule has 2 rings (SSSR count).